The van der Waals surface area contributed by atoms with Gasteiger partial charge in [0.25, 0.3) is 0 Å². The number of hydrogen-bond acceptors (Lipinski definition) is 6. The smallest absolute Gasteiger partial charge is 0.230 e. The summed E-state index contributed by atoms with van der Waals surface area (Å²) in [6.45, 7) is 5.79. The van der Waals surface area contributed by atoms with Gasteiger partial charge in [0.05, 0.1) is 6.61 Å². The molecule has 0 aromatic carbocycles. The first kappa shape index (κ1) is 13.5. The van der Waals surface area contributed by atoms with E-state index in [-0.39, 0.29) is 11.9 Å². The van der Waals surface area contributed by atoms with Crippen molar-refractivity contribution in [3.63, 3.8) is 0 Å². The van der Waals surface area contributed by atoms with Crippen LogP contribution in [-0.2, 0) is 0 Å². The summed E-state index contributed by atoms with van der Waals surface area (Å²) in [6, 6.07) is 0. The van der Waals surface area contributed by atoms with E-state index >= 15 is 0 Å². The lowest BCUT2D eigenvalue weighted by atomic mass is 10.5. The molecule has 1 heterocycles. The normalized spacial score (nSPS) is 10.5. The zero-order chi connectivity index (χ0) is 12.0. The molecule has 1 N–H and O–H groups in total. The molecule has 1 aromatic rings. The SMILES string of the molecule is CCN(CC)c1nc(Cl)nc(SCCO)n1. The number of halogens is 1. The molecule has 5 nitrogen and oxygen atoms in total. The third-order valence-electron chi connectivity index (χ3n) is 1.94. The van der Waals surface area contributed by atoms with E-state index in [9.17, 15) is 0 Å². The number of aliphatic hydroxyl groups is 1. The first-order valence-corrected chi connectivity index (χ1v) is 6.47. The zero-order valence-electron chi connectivity index (χ0n) is 9.35. The van der Waals surface area contributed by atoms with E-state index in [1.54, 1.807) is 0 Å². The first-order chi connectivity index (χ1) is 7.71. The summed E-state index contributed by atoms with van der Waals surface area (Å²) in [5, 5.41) is 9.48. The third kappa shape index (κ3) is 3.77. The molecule has 0 amide bonds. The summed E-state index contributed by atoms with van der Waals surface area (Å²) in [5.41, 5.74) is 0. The van der Waals surface area contributed by atoms with Crippen molar-refractivity contribution in [3.8, 4) is 0 Å². The Labute approximate surface area is 104 Å². The number of anilines is 1. The predicted octanol–water partition coefficient (Wildman–Crippen LogP) is 1.46. The Morgan fingerprint density at radius 1 is 1.25 bits per heavy atom. The maximum atomic E-state index is 8.73. The van der Waals surface area contributed by atoms with Gasteiger partial charge >= 0.3 is 0 Å². The van der Waals surface area contributed by atoms with Crippen molar-refractivity contribution in [2.45, 2.75) is 19.0 Å². The maximum absolute atomic E-state index is 8.73. The Morgan fingerprint density at radius 3 is 2.50 bits per heavy atom. The molecule has 0 saturated carbocycles. The average molecular weight is 263 g/mol. The molecule has 0 unspecified atom stereocenters. The van der Waals surface area contributed by atoms with E-state index in [0.29, 0.717) is 16.9 Å². The highest BCUT2D eigenvalue weighted by Gasteiger charge is 2.09. The lowest BCUT2D eigenvalue weighted by Crippen LogP contribution is -2.24. The minimum atomic E-state index is 0.0918. The molecule has 1 rings (SSSR count). The van der Waals surface area contributed by atoms with Gasteiger partial charge in [-0.05, 0) is 25.4 Å². The molecule has 0 aliphatic rings. The molecule has 0 atom stereocenters. The van der Waals surface area contributed by atoms with E-state index < -0.39 is 0 Å². The molecule has 0 saturated heterocycles. The maximum Gasteiger partial charge on any atom is 0.230 e. The molecule has 1 aromatic heterocycles. The van der Waals surface area contributed by atoms with Gasteiger partial charge in [-0.3, -0.25) is 0 Å². The summed E-state index contributed by atoms with van der Waals surface area (Å²) in [6.07, 6.45) is 0. The van der Waals surface area contributed by atoms with Crippen LogP contribution in [0.3, 0.4) is 0 Å². The number of aliphatic hydroxyl groups excluding tert-OH is 1. The summed E-state index contributed by atoms with van der Waals surface area (Å²) >= 11 is 7.19. The van der Waals surface area contributed by atoms with Crippen molar-refractivity contribution < 1.29 is 5.11 Å². The van der Waals surface area contributed by atoms with Gasteiger partial charge in [-0.2, -0.15) is 15.0 Å². The minimum Gasteiger partial charge on any atom is -0.396 e. The Balaban J connectivity index is 2.88. The average Bonchev–Trinajstić information content (AvgIpc) is 2.27. The summed E-state index contributed by atoms with van der Waals surface area (Å²) in [4.78, 5) is 14.3. The topological polar surface area (TPSA) is 62.1 Å². The zero-order valence-corrected chi connectivity index (χ0v) is 10.9. The van der Waals surface area contributed by atoms with E-state index in [1.807, 2.05) is 18.7 Å². The highest BCUT2D eigenvalue weighted by Crippen LogP contribution is 2.18. The fraction of sp³-hybridized carbons (Fsp3) is 0.667. The molecule has 7 heteroatoms. The molecular formula is C9H15ClN4OS. The highest BCUT2D eigenvalue weighted by molar-refractivity contribution is 7.99. The van der Waals surface area contributed by atoms with Gasteiger partial charge in [0.1, 0.15) is 0 Å². The van der Waals surface area contributed by atoms with E-state index in [2.05, 4.69) is 15.0 Å². The fourth-order valence-electron chi connectivity index (χ4n) is 1.17. The Bertz CT molecular complexity index is 335. The number of nitrogens with zero attached hydrogens (tertiary/aromatic N) is 4. The predicted molar refractivity (Wildman–Crippen MR) is 66.2 cm³/mol. The van der Waals surface area contributed by atoms with Crippen molar-refractivity contribution in [2.24, 2.45) is 0 Å². The van der Waals surface area contributed by atoms with Crippen molar-refractivity contribution in [1.82, 2.24) is 15.0 Å². The van der Waals surface area contributed by atoms with Crippen LogP contribution in [0.4, 0.5) is 5.95 Å². The highest BCUT2D eigenvalue weighted by atomic mass is 35.5. The van der Waals surface area contributed by atoms with Crippen LogP contribution in [0.25, 0.3) is 0 Å². The second-order valence-corrected chi connectivity index (χ2v) is 4.33. The van der Waals surface area contributed by atoms with Gasteiger partial charge in [-0.1, -0.05) is 11.8 Å². The van der Waals surface area contributed by atoms with Crippen molar-refractivity contribution in [2.75, 3.05) is 30.3 Å². The van der Waals surface area contributed by atoms with Gasteiger partial charge in [0, 0.05) is 18.8 Å². The molecule has 0 bridgehead atoms. The Hall–Kier alpha value is -0.590. The van der Waals surface area contributed by atoms with E-state index in [4.69, 9.17) is 16.7 Å². The van der Waals surface area contributed by atoms with Crippen LogP contribution in [-0.4, -0.2) is 45.5 Å². The summed E-state index contributed by atoms with van der Waals surface area (Å²) in [7, 11) is 0. The van der Waals surface area contributed by atoms with Gasteiger partial charge in [0.2, 0.25) is 11.2 Å². The Morgan fingerprint density at radius 2 is 1.94 bits per heavy atom. The molecular weight excluding hydrogens is 248 g/mol. The van der Waals surface area contributed by atoms with Gasteiger partial charge < -0.3 is 10.0 Å². The fourth-order valence-corrected chi connectivity index (χ4v) is 1.95. The summed E-state index contributed by atoms with van der Waals surface area (Å²) in [5.74, 6) is 1.14. The molecule has 16 heavy (non-hydrogen) atoms. The van der Waals surface area contributed by atoms with Crippen LogP contribution in [0, 0.1) is 0 Å². The molecule has 90 valence electrons. The van der Waals surface area contributed by atoms with Gasteiger partial charge in [-0.15, -0.1) is 0 Å². The third-order valence-corrected chi connectivity index (χ3v) is 2.94. The monoisotopic (exact) mass is 262 g/mol. The van der Waals surface area contributed by atoms with E-state index in [1.165, 1.54) is 11.8 Å². The van der Waals surface area contributed by atoms with Crippen LogP contribution in [0.1, 0.15) is 13.8 Å². The lowest BCUT2D eigenvalue weighted by molar-refractivity contribution is 0.322. The molecule has 0 aliphatic heterocycles. The second-order valence-electron chi connectivity index (χ2n) is 2.93. The molecule has 0 spiro atoms. The standard InChI is InChI=1S/C9H15ClN4OS/c1-3-14(4-2)8-11-7(10)12-9(13-8)16-6-5-15/h15H,3-6H2,1-2H3. The van der Waals surface area contributed by atoms with Crippen LogP contribution in [0.15, 0.2) is 5.16 Å². The Kier molecular flexibility index (Phi) is 5.79. The molecule has 0 aliphatic carbocycles. The summed E-state index contributed by atoms with van der Waals surface area (Å²) < 4.78 is 0. The van der Waals surface area contributed by atoms with Gasteiger partial charge in [0.15, 0.2) is 5.16 Å². The molecule has 0 radical (unpaired) electrons. The number of aromatic nitrogens is 3. The quantitative estimate of drug-likeness (QED) is 0.783. The van der Waals surface area contributed by atoms with Gasteiger partial charge in [-0.25, -0.2) is 0 Å². The minimum absolute atomic E-state index is 0.0918. The number of thioether (sulfide) groups is 1. The second kappa shape index (κ2) is 6.88. The van der Waals surface area contributed by atoms with Crippen molar-refractivity contribution >= 4 is 29.3 Å². The first-order valence-electron chi connectivity index (χ1n) is 5.11. The van der Waals surface area contributed by atoms with Crippen molar-refractivity contribution in [1.29, 1.82) is 0 Å². The largest absolute Gasteiger partial charge is 0.396 e. The van der Waals surface area contributed by atoms with Crippen molar-refractivity contribution in [3.05, 3.63) is 5.28 Å². The number of hydrogen-bond donors (Lipinski definition) is 1. The van der Waals surface area contributed by atoms with Crippen LogP contribution in [0.2, 0.25) is 5.28 Å². The molecule has 0 fully saturated rings. The van der Waals surface area contributed by atoms with Crippen LogP contribution in [0.5, 0.6) is 0 Å². The van der Waals surface area contributed by atoms with Crippen LogP contribution >= 0.6 is 23.4 Å². The van der Waals surface area contributed by atoms with E-state index in [0.717, 1.165) is 13.1 Å². The number of rotatable bonds is 6. The van der Waals surface area contributed by atoms with Crippen LogP contribution < -0.4 is 4.90 Å². The lowest BCUT2D eigenvalue weighted by Gasteiger charge is -2.18.